The summed E-state index contributed by atoms with van der Waals surface area (Å²) in [6, 6.07) is 6.02. The van der Waals surface area contributed by atoms with E-state index < -0.39 is 5.82 Å². The first-order valence-corrected chi connectivity index (χ1v) is 5.88. The normalized spacial score (nSPS) is 10.2. The van der Waals surface area contributed by atoms with Crippen LogP contribution in [0.1, 0.15) is 6.92 Å². The van der Waals surface area contributed by atoms with Crippen molar-refractivity contribution < 1.29 is 9.13 Å². The zero-order chi connectivity index (χ0) is 13.0. The van der Waals surface area contributed by atoms with Gasteiger partial charge < -0.3 is 10.1 Å². The Bertz CT molecular complexity index is 548. The molecule has 0 radical (unpaired) electrons. The monoisotopic (exact) mass is 266 g/mol. The first-order valence-electron chi connectivity index (χ1n) is 5.51. The van der Waals surface area contributed by atoms with Crippen LogP contribution < -0.4 is 10.1 Å². The molecule has 0 bridgehead atoms. The lowest BCUT2D eigenvalue weighted by molar-refractivity contribution is 0.478. The molecule has 3 nitrogen and oxygen atoms in total. The fourth-order valence-electron chi connectivity index (χ4n) is 1.45. The predicted molar refractivity (Wildman–Crippen MR) is 69.9 cm³/mol. The molecule has 0 aliphatic rings. The summed E-state index contributed by atoms with van der Waals surface area (Å²) in [4.78, 5) is 4.04. The number of halogens is 2. The maximum absolute atomic E-state index is 13.0. The van der Waals surface area contributed by atoms with Crippen LogP contribution in [-0.2, 0) is 0 Å². The molecule has 2 aromatic rings. The van der Waals surface area contributed by atoms with Gasteiger partial charge in [0.05, 0.1) is 23.1 Å². The number of pyridine rings is 1. The Morgan fingerprint density at radius 3 is 2.83 bits per heavy atom. The second kappa shape index (κ2) is 5.69. The van der Waals surface area contributed by atoms with E-state index in [0.29, 0.717) is 11.5 Å². The molecule has 0 spiro atoms. The van der Waals surface area contributed by atoms with E-state index in [0.717, 1.165) is 12.2 Å². The van der Waals surface area contributed by atoms with Gasteiger partial charge in [-0.3, -0.25) is 4.98 Å². The first-order chi connectivity index (χ1) is 8.69. The Labute approximate surface area is 110 Å². The predicted octanol–water partition coefficient (Wildman–Crippen LogP) is 4.10. The van der Waals surface area contributed by atoms with Crippen molar-refractivity contribution in [3.8, 4) is 11.5 Å². The van der Waals surface area contributed by atoms with Crippen LogP contribution in [-0.4, -0.2) is 11.5 Å². The topological polar surface area (TPSA) is 34.2 Å². The van der Waals surface area contributed by atoms with Gasteiger partial charge in [0.25, 0.3) is 0 Å². The molecule has 1 heterocycles. The molecule has 18 heavy (non-hydrogen) atoms. The number of rotatable bonds is 4. The van der Waals surface area contributed by atoms with Gasteiger partial charge in [-0.05, 0) is 19.1 Å². The van der Waals surface area contributed by atoms with Crippen molar-refractivity contribution in [1.82, 2.24) is 4.98 Å². The van der Waals surface area contributed by atoms with Crippen LogP contribution in [0.4, 0.5) is 10.1 Å². The van der Waals surface area contributed by atoms with E-state index in [1.807, 2.05) is 13.0 Å². The average molecular weight is 267 g/mol. The summed E-state index contributed by atoms with van der Waals surface area (Å²) in [6.45, 7) is 2.79. The van der Waals surface area contributed by atoms with Crippen molar-refractivity contribution in [2.75, 3.05) is 11.9 Å². The summed E-state index contributed by atoms with van der Waals surface area (Å²) in [5.41, 5.74) is 0.864. The van der Waals surface area contributed by atoms with Crippen LogP contribution >= 0.6 is 11.6 Å². The summed E-state index contributed by atoms with van der Waals surface area (Å²) in [5, 5.41) is 3.16. The maximum atomic E-state index is 13.0. The van der Waals surface area contributed by atoms with Gasteiger partial charge in [0.15, 0.2) is 0 Å². The number of nitrogens with one attached hydrogen (secondary N) is 1. The largest absolute Gasteiger partial charge is 0.456 e. The lowest BCUT2D eigenvalue weighted by Gasteiger charge is -2.08. The molecule has 2 rings (SSSR count). The Balaban J connectivity index is 2.17. The summed E-state index contributed by atoms with van der Waals surface area (Å²) < 4.78 is 18.5. The number of ether oxygens (including phenoxy) is 1. The van der Waals surface area contributed by atoms with Crippen LogP contribution in [0.3, 0.4) is 0 Å². The number of anilines is 1. The van der Waals surface area contributed by atoms with E-state index in [9.17, 15) is 4.39 Å². The number of hydrogen-bond donors (Lipinski definition) is 1. The maximum Gasteiger partial charge on any atom is 0.147 e. The Hall–Kier alpha value is -1.81. The van der Waals surface area contributed by atoms with E-state index in [1.54, 1.807) is 12.4 Å². The Morgan fingerprint density at radius 1 is 1.28 bits per heavy atom. The van der Waals surface area contributed by atoms with E-state index in [4.69, 9.17) is 16.3 Å². The van der Waals surface area contributed by atoms with Gasteiger partial charge in [-0.1, -0.05) is 11.6 Å². The number of benzene rings is 1. The minimum absolute atomic E-state index is 0.0308. The zero-order valence-corrected chi connectivity index (χ0v) is 10.5. The quantitative estimate of drug-likeness (QED) is 0.905. The van der Waals surface area contributed by atoms with Crippen LogP contribution in [0.5, 0.6) is 11.5 Å². The fourth-order valence-corrected chi connectivity index (χ4v) is 1.62. The molecular weight excluding hydrogens is 255 g/mol. The van der Waals surface area contributed by atoms with E-state index in [2.05, 4.69) is 10.3 Å². The third-order valence-corrected chi connectivity index (χ3v) is 2.51. The standard InChI is InChI=1S/C13H12ClFN2O/c1-2-17-9-5-11(8-16-7-9)18-10-3-4-13(15)12(14)6-10/h3-8,17H,2H2,1H3. The molecule has 0 unspecified atom stereocenters. The van der Waals surface area contributed by atoms with Crippen molar-refractivity contribution in [3.05, 3.63) is 47.5 Å². The van der Waals surface area contributed by atoms with E-state index in [1.165, 1.54) is 18.2 Å². The third kappa shape index (κ3) is 3.11. The van der Waals surface area contributed by atoms with Gasteiger partial charge in [-0.25, -0.2) is 4.39 Å². The smallest absolute Gasteiger partial charge is 0.147 e. The van der Waals surface area contributed by atoms with Gasteiger partial charge in [0.1, 0.15) is 17.3 Å². The van der Waals surface area contributed by atoms with Crippen molar-refractivity contribution in [2.45, 2.75) is 6.92 Å². The summed E-state index contributed by atoms with van der Waals surface area (Å²) in [6.07, 6.45) is 3.28. The molecule has 0 fully saturated rings. The molecule has 0 saturated heterocycles. The average Bonchev–Trinajstić information content (AvgIpc) is 2.35. The summed E-state index contributed by atoms with van der Waals surface area (Å²) in [5.74, 6) is 0.566. The molecule has 1 aromatic carbocycles. The van der Waals surface area contributed by atoms with E-state index in [-0.39, 0.29) is 5.02 Å². The lowest BCUT2D eigenvalue weighted by atomic mass is 10.3. The molecule has 0 atom stereocenters. The summed E-state index contributed by atoms with van der Waals surface area (Å²) >= 11 is 5.68. The van der Waals surface area contributed by atoms with Crippen LogP contribution in [0.25, 0.3) is 0 Å². The van der Waals surface area contributed by atoms with E-state index >= 15 is 0 Å². The number of nitrogens with zero attached hydrogens (tertiary/aromatic N) is 1. The van der Waals surface area contributed by atoms with Crippen molar-refractivity contribution in [3.63, 3.8) is 0 Å². The highest BCUT2D eigenvalue weighted by Crippen LogP contribution is 2.26. The summed E-state index contributed by atoms with van der Waals surface area (Å²) in [7, 11) is 0. The van der Waals surface area contributed by atoms with Crippen molar-refractivity contribution in [2.24, 2.45) is 0 Å². The lowest BCUT2D eigenvalue weighted by Crippen LogP contribution is -1.97. The molecule has 5 heteroatoms. The molecule has 1 N–H and O–H groups in total. The Kier molecular flexibility index (Phi) is 3.99. The molecule has 0 saturated carbocycles. The second-order valence-electron chi connectivity index (χ2n) is 3.62. The van der Waals surface area contributed by atoms with Gasteiger partial charge in [0, 0.05) is 18.7 Å². The highest BCUT2D eigenvalue weighted by molar-refractivity contribution is 6.30. The Morgan fingerprint density at radius 2 is 2.11 bits per heavy atom. The molecule has 0 aliphatic carbocycles. The van der Waals surface area contributed by atoms with Crippen molar-refractivity contribution in [1.29, 1.82) is 0 Å². The van der Waals surface area contributed by atoms with Crippen LogP contribution in [0.15, 0.2) is 36.7 Å². The van der Waals surface area contributed by atoms with Gasteiger partial charge in [0.2, 0.25) is 0 Å². The van der Waals surface area contributed by atoms with Crippen LogP contribution in [0.2, 0.25) is 5.02 Å². The van der Waals surface area contributed by atoms with Gasteiger partial charge >= 0.3 is 0 Å². The van der Waals surface area contributed by atoms with Gasteiger partial charge in [-0.15, -0.1) is 0 Å². The molecule has 0 aliphatic heterocycles. The second-order valence-corrected chi connectivity index (χ2v) is 4.02. The minimum Gasteiger partial charge on any atom is -0.456 e. The molecule has 94 valence electrons. The van der Waals surface area contributed by atoms with Crippen molar-refractivity contribution >= 4 is 17.3 Å². The zero-order valence-electron chi connectivity index (χ0n) is 9.78. The molecule has 0 amide bonds. The molecular formula is C13H12ClFN2O. The third-order valence-electron chi connectivity index (χ3n) is 2.22. The SMILES string of the molecule is CCNc1cncc(Oc2ccc(F)c(Cl)c2)c1. The first kappa shape index (κ1) is 12.6. The van der Waals surface area contributed by atoms with Crippen LogP contribution in [0, 0.1) is 5.82 Å². The molecule has 1 aromatic heterocycles. The van der Waals surface area contributed by atoms with Gasteiger partial charge in [-0.2, -0.15) is 0 Å². The number of aromatic nitrogens is 1. The minimum atomic E-state index is -0.469. The highest BCUT2D eigenvalue weighted by atomic mass is 35.5. The highest BCUT2D eigenvalue weighted by Gasteiger charge is 2.03. The fraction of sp³-hybridized carbons (Fsp3) is 0.154. The number of hydrogen-bond acceptors (Lipinski definition) is 3.